The lowest BCUT2D eigenvalue weighted by Crippen LogP contribution is -2.36. The first-order valence-corrected chi connectivity index (χ1v) is 6.19. The Morgan fingerprint density at radius 3 is 2.93 bits per heavy atom. The van der Waals surface area contributed by atoms with Gasteiger partial charge >= 0.3 is 0 Å². The Bertz CT molecular complexity index is 397. The molecule has 0 saturated carbocycles. The Kier molecular flexibility index (Phi) is 3.11. The van der Waals surface area contributed by atoms with Crippen molar-refractivity contribution in [1.82, 2.24) is 5.32 Å². The summed E-state index contributed by atoms with van der Waals surface area (Å²) in [5.74, 6) is 0.00530. The molecule has 0 aromatic heterocycles. The molecule has 2 atom stereocenters. The molecular weight excluding hydrogens is 220 g/mol. The summed E-state index contributed by atoms with van der Waals surface area (Å²) in [6.07, 6.45) is 0. The SMILES string of the molecule is O=S1CCNC(c2cc(F)ccc2F)C1. The van der Waals surface area contributed by atoms with Gasteiger partial charge < -0.3 is 5.32 Å². The van der Waals surface area contributed by atoms with Crippen molar-refractivity contribution in [2.24, 2.45) is 0 Å². The van der Waals surface area contributed by atoms with Gasteiger partial charge in [-0.3, -0.25) is 4.21 Å². The summed E-state index contributed by atoms with van der Waals surface area (Å²) in [5, 5.41) is 3.03. The molecule has 15 heavy (non-hydrogen) atoms. The topological polar surface area (TPSA) is 29.1 Å². The van der Waals surface area contributed by atoms with Crippen molar-refractivity contribution in [3.8, 4) is 0 Å². The molecule has 1 fully saturated rings. The van der Waals surface area contributed by atoms with Crippen LogP contribution >= 0.6 is 0 Å². The van der Waals surface area contributed by atoms with Crippen LogP contribution in [0.1, 0.15) is 11.6 Å². The van der Waals surface area contributed by atoms with Gasteiger partial charge in [0.15, 0.2) is 0 Å². The monoisotopic (exact) mass is 231 g/mol. The maximum absolute atomic E-state index is 13.4. The van der Waals surface area contributed by atoms with Gasteiger partial charge in [-0.25, -0.2) is 8.78 Å². The quantitative estimate of drug-likeness (QED) is 0.790. The highest BCUT2D eigenvalue weighted by atomic mass is 32.2. The molecular formula is C10H11F2NOS. The Morgan fingerprint density at radius 2 is 2.20 bits per heavy atom. The van der Waals surface area contributed by atoms with E-state index < -0.39 is 22.4 Å². The fourth-order valence-corrected chi connectivity index (χ4v) is 2.84. The van der Waals surface area contributed by atoms with Crippen LogP contribution in [0.4, 0.5) is 8.78 Å². The lowest BCUT2D eigenvalue weighted by Gasteiger charge is -2.23. The van der Waals surface area contributed by atoms with Gasteiger partial charge in [0.05, 0.1) is 0 Å². The molecule has 0 aliphatic carbocycles. The molecule has 5 heteroatoms. The van der Waals surface area contributed by atoms with E-state index in [-0.39, 0.29) is 11.6 Å². The van der Waals surface area contributed by atoms with Gasteiger partial charge in [-0.05, 0) is 18.2 Å². The summed E-state index contributed by atoms with van der Waals surface area (Å²) in [4.78, 5) is 0. The maximum Gasteiger partial charge on any atom is 0.128 e. The second-order valence-corrected chi connectivity index (χ2v) is 5.10. The number of benzene rings is 1. The second kappa shape index (κ2) is 4.37. The number of rotatable bonds is 1. The third-order valence-corrected chi connectivity index (χ3v) is 3.77. The van der Waals surface area contributed by atoms with Crippen LogP contribution < -0.4 is 5.32 Å². The standard InChI is InChI=1S/C10H11F2NOS/c11-7-1-2-9(12)8(5-7)10-6-15(14)4-3-13-10/h1-2,5,10,13H,3-4,6H2. The van der Waals surface area contributed by atoms with E-state index in [1.54, 1.807) is 0 Å². The van der Waals surface area contributed by atoms with E-state index in [1.165, 1.54) is 0 Å². The predicted molar refractivity (Wildman–Crippen MR) is 55.0 cm³/mol. The van der Waals surface area contributed by atoms with Gasteiger partial charge in [0.2, 0.25) is 0 Å². The molecule has 1 aliphatic rings. The summed E-state index contributed by atoms with van der Waals surface area (Å²) in [7, 11) is -0.937. The predicted octanol–water partition coefficient (Wildman–Crippen LogP) is 1.36. The molecule has 0 bridgehead atoms. The molecule has 82 valence electrons. The molecule has 0 spiro atoms. The van der Waals surface area contributed by atoms with Crippen LogP contribution in [0.2, 0.25) is 0 Å². The minimum Gasteiger partial charge on any atom is -0.308 e. The molecule has 1 saturated heterocycles. The summed E-state index contributed by atoms with van der Waals surface area (Å²) in [5.41, 5.74) is 0.267. The van der Waals surface area contributed by atoms with Gasteiger partial charge in [0.25, 0.3) is 0 Å². The number of halogens is 2. The van der Waals surface area contributed by atoms with Crippen LogP contribution in [0.25, 0.3) is 0 Å². The zero-order valence-corrected chi connectivity index (χ0v) is 8.82. The lowest BCUT2D eigenvalue weighted by molar-refractivity contribution is 0.520. The van der Waals surface area contributed by atoms with Crippen molar-refractivity contribution in [2.45, 2.75) is 6.04 Å². The van der Waals surface area contributed by atoms with Crippen molar-refractivity contribution in [2.75, 3.05) is 18.1 Å². The van der Waals surface area contributed by atoms with Gasteiger partial charge in [0, 0.05) is 40.5 Å². The van der Waals surface area contributed by atoms with Gasteiger partial charge in [-0.2, -0.15) is 0 Å². The van der Waals surface area contributed by atoms with E-state index in [2.05, 4.69) is 5.32 Å². The molecule has 1 aromatic carbocycles. The highest BCUT2D eigenvalue weighted by Gasteiger charge is 2.22. The smallest absolute Gasteiger partial charge is 0.128 e. The van der Waals surface area contributed by atoms with Crippen molar-refractivity contribution in [3.63, 3.8) is 0 Å². The fourth-order valence-electron chi connectivity index (χ4n) is 1.66. The molecule has 0 amide bonds. The number of hydrogen-bond acceptors (Lipinski definition) is 2. The zero-order chi connectivity index (χ0) is 10.8. The van der Waals surface area contributed by atoms with E-state index in [4.69, 9.17) is 0 Å². The largest absolute Gasteiger partial charge is 0.308 e. The molecule has 0 radical (unpaired) electrons. The Hall–Kier alpha value is -0.810. The van der Waals surface area contributed by atoms with Crippen molar-refractivity contribution in [3.05, 3.63) is 35.4 Å². The molecule has 2 rings (SSSR count). The minimum atomic E-state index is -0.937. The van der Waals surface area contributed by atoms with Gasteiger partial charge in [-0.15, -0.1) is 0 Å². The van der Waals surface area contributed by atoms with Crippen molar-refractivity contribution in [1.29, 1.82) is 0 Å². The molecule has 2 nitrogen and oxygen atoms in total. The van der Waals surface area contributed by atoms with Crippen LogP contribution in [-0.4, -0.2) is 22.3 Å². The normalized spacial score (nSPS) is 26.5. The van der Waals surface area contributed by atoms with E-state index in [0.717, 1.165) is 18.2 Å². The third kappa shape index (κ3) is 2.41. The summed E-state index contributed by atoms with van der Waals surface area (Å²) >= 11 is 0. The Labute approximate surface area is 89.1 Å². The molecule has 1 aromatic rings. The first-order chi connectivity index (χ1) is 7.16. The fraction of sp³-hybridized carbons (Fsp3) is 0.400. The first-order valence-electron chi connectivity index (χ1n) is 4.70. The Morgan fingerprint density at radius 1 is 1.40 bits per heavy atom. The summed E-state index contributed by atoms with van der Waals surface area (Å²) in [6, 6.07) is 3.01. The van der Waals surface area contributed by atoms with Gasteiger partial charge in [-0.1, -0.05) is 0 Å². The van der Waals surface area contributed by atoms with Gasteiger partial charge in [0.1, 0.15) is 11.6 Å². The Balaban J connectivity index is 2.27. The zero-order valence-electron chi connectivity index (χ0n) is 8.00. The average molecular weight is 231 g/mol. The maximum atomic E-state index is 13.4. The molecule has 1 aliphatic heterocycles. The summed E-state index contributed by atoms with van der Waals surface area (Å²) in [6.45, 7) is 0.577. The second-order valence-electron chi connectivity index (χ2n) is 3.48. The lowest BCUT2D eigenvalue weighted by atomic mass is 10.1. The van der Waals surface area contributed by atoms with Crippen LogP contribution in [0, 0.1) is 11.6 Å². The number of nitrogens with one attached hydrogen (secondary N) is 1. The van der Waals surface area contributed by atoms with Crippen LogP contribution in [0.3, 0.4) is 0 Å². The summed E-state index contributed by atoms with van der Waals surface area (Å²) < 4.78 is 37.6. The van der Waals surface area contributed by atoms with Crippen molar-refractivity contribution < 1.29 is 13.0 Å². The van der Waals surface area contributed by atoms with E-state index in [9.17, 15) is 13.0 Å². The van der Waals surface area contributed by atoms with E-state index in [0.29, 0.717) is 18.1 Å². The van der Waals surface area contributed by atoms with E-state index >= 15 is 0 Å². The van der Waals surface area contributed by atoms with Crippen LogP contribution in [0.5, 0.6) is 0 Å². The third-order valence-electron chi connectivity index (χ3n) is 2.41. The highest BCUT2D eigenvalue weighted by Crippen LogP contribution is 2.21. The van der Waals surface area contributed by atoms with Crippen LogP contribution in [0.15, 0.2) is 18.2 Å². The average Bonchev–Trinajstić information content (AvgIpc) is 2.22. The molecule has 1 heterocycles. The molecule has 2 unspecified atom stereocenters. The van der Waals surface area contributed by atoms with Crippen molar-refractivity contribution >= 4 is 10.8 Å². The van der Waals surface area contributed by atoms with E-state index in [1.807, 2.05) is 0 Å². The highest BCUT2D eigenvalue weighted by molar-refractivity contribution is 7.85. The minimum absolute atomic E-state index is 0.267. The number of hydrogen-bond donors (Lipinski definition) is 1. The first kappa shape index (κ1) is 10.7. The molecule has 1 N–H and O–H groups in total. The van der Waals surface area contributed by atoms with Crippen LogP contribution in [-0.2, 0) is 10.8 Å².